The standard InChI is InChI=1S/C20H14Cl2N2O3S/c1-2-10-27-13-8-6-12(7-9-13)11-14-18(25)23-20(28)24(19(14)26)16-5-3-4-15(21)17(16)22/h2-9,11H,1,10H2,(H,23,25,28)/b14-11+. The number of hydrogen-bond donors (Lipinski definition) is 1. The van der Waals surface area contributed by atoms with Crippen LogP contribution in [0.1, 0.15) is 5.56 Å². The summed E-state index contributed by atoms with van der Waals surface area (Å²) in [5.41, 5.74) is 0.863. The van der Waals surface area contributed by atoms with Crippen LogP contribution in [0.25, 0.3) is 6.08 Å². The first kappa shape index (κ1) is 20.1. The number of rotatable bonds is 5. The normalized spacial score (nSPS) is 15.6. The van der Waals surface area contributed by atoms with Gasteiger partial charge in [0.1, 0.15) is 17.9 Å². The molecule has 1 aliphatic heterocycles. The molecule has 0 spiro atoms. The minimum Gasteiger partial charge on any atom is -0.490 e. The van der Waals surface area contributed by atoms with Crippen LogP contribution in [0, 0.1) is 0 Å². The van der Waals surface area contributed by atoms with Crippen molar-refractivity contribution in [1.82, 2.24) is 5.32 Å². The molecule has 142 valence electrons. The van der Waals surface area contributed by atoms with Gasteiger partial charge in [0.25, 0.3) is 11.8 Å². The highest BCUT2D eigenvalue weighted by Crippen LogP contribution is 2.34. The van der Waals surface area contributed by atoms with Crippen LogP contribution in [0.15, 0.2) is 60.7 Å². The summed E-state index contributed by atoms with van der Waals surface area (Å²) >= 11 is 17.4. The highest BCUT2D eigenvalue weighted by atomic mass is 35.5. The van der Waals surface area contributed by atoms with Crippen molar-refractivity contribution in [1.29, 1.82) is 0 Å². The van der Waals surface area contributed by atoms with Gasteiger partial charge in [0.05, 0.1) is 15.7 Å². The fourth-order valence-electron chi connectivity index (χ4n) is 2.52. The number of carbonyl (C=O) groups is 2. The summed E-state index contributed by atoms with van der Waals surface area (Å²) in [6.07, 6.45) is 3.11. The van der Waals surface area contributed by atoms with Crippen LogP contribution in [0.5, 0.6) is 5.75 Å². The molecule has 0 unspecified atom stereocenters. The molecule has 1 N–H and O–H groups in total. The number of halogens is 2. The topological polar surface area (TPSA) is 58.6 Å². The van der Waals surface area contributed by atoms with Crippen molar-refractivity contribution >= 4 is 64.1 Å². The number of nitrogens with one attached hydrogen (secondary N) is 1. The van der Waals surface area contributed by atoms with Gasteiger partial charge in [-0.15, -0.1) is 0 Å². The van der Waals surface area contributed by atoms with Crippen molar-refractivity contribution < 1.29 is 14.3 Å². The van der Waals surface area contributed by atoms with Crippen molar-refractivity contribution in [3.05, 3.63) is 76.3 Å². The number of amides is 2. The van der Waals surface area contributed by atoms with Gasteiger partial charge in [-0.2, -0.15) is 0 Å². The lowest BCUT2D eigenvalue weighted by Crippen LogP contribution is -2.54. The Morgan fingerprint density at radius 1 is 1.14 bits per heavy atom. The Hall–Kier alpha value is -2.67. The number of anilines is 1. The van der Waals surface area contributed by atoms with Crippen molar-refractivity contribution in [2.24, 2.45) is 0 Å². The molecule has 0 aliphatic carbocycles. The van der Waals surface area contributed by atoms with E-state index in [4.69, 9.17) is 40.2 Å². The van der Waals surface area contributed by atoms with Crippen LogP contribution >= 0.6 is 35.4 Å². The molecule has 2 aromatic carbocycles. The number of thiocarbonyl (C=S) groups is 1. The fourth-order valence-corrected chi connectivity index (χ4v) is 3.18. The van der Waals surface area contributed by atoms with Crippen molar-refractivity contribution in [2.45, 2.75) is 0 Å². The third-order valence-corrected chi connectivity index (χ3v) is 4.93. The van der Waals surface area contributed by atoms with Crippen LogP contribution in [-0.2, 0) is 9.59 Å². The van der Waals surface area contributed by atoms with E-state index in [0.717, 1.165) is 4.90 Å². The van der Waals surface area contributed by atoms with E-state index in [1.54, 1.807) is 48.5 Å². The summed E-state index contributed by atoms with van der Waals surface area (Å²) in [7, 11) is 0. The van der Waals surface area contributed by atoms with Crippen molar-refractivity contribution in [2.75, 3.05) is 11.5 Å². The molecule has 2 amide bonds. The van der Waals surface area contributed by atoms with E-state index in [1.807, 2.05) is 0 Å². The predicted molar refractivity (Wildman–Crippen MR) is 115 cm³/mol. The zero-order valence-electron chi connectivity index (χ0n) is 14.4. The first-order valence-electron chi connectivity index (χ1n) is 8.11. The quantitative estimate of drug-likeness (QED) is 0.329. The first-order valence-corrected chi connectivity index (χ1v) is 9.28. The molecule has 0 radical (unpaired) electrons. The lowest BCUT2D eigenvalue weighted by atomic mass is 10.1. The Morgan fingerprint density at radius 3 is 2.54 bits per heavy atom. The number of ether oxygens (including phenoxy) is 1. The van der Waals surface area contributed by atoms with E-state index >= 15 is 0 Å². The van der Waals surface area contributed by atoms with E-state index in [-0.39, 0.29) is 20.7 Å². The molecule has 0 atom stereocenters. The smallest absolute Gasteiger partial charge is 0.270 e. The number of carbonyl (C=O) groups excluding carboxylic acids is 2. The average molecular weight is 433 g/mol. The molecule has 1 heterocycles. The zero-order valence-corrected chi connectivity index (χ0v) is 16.8. The lowest BCUT2D eigenvalue weighted by molar-refractivity contribution is -0.122. The molecule has 1 fully saturated rings. The monoisotopic (exact) mass is 432 g/mol. The second-order valence-electron chi connectivity index (χ2n) is 5.70. The Kier molecular flexibility index (Phi) is 6.14. The van der Waals surface area contributed by atoms with E-state index < -0.39 is 11.8 Å². The van der Waals surface area contributed by atoms with E-state index in [2.05, 4.69) is 11.9 Å². The summed E-state index contributed by atoms with van der Waals surface area (Å²) in [6, 6.07) is 11.8. The largest absolute Gasteiger partial charge is 0.490 e. The molecule has 0 bridgehead atoms. The summed E-state index contributed by atoms with van der Waals surface area (Å²) in [6.45, 7) is 3.97. The minimum atomic E-state index is -0.593. The number of hydrogen-bond acceptors (Lipinski definition) is 4. The molecule has 8 heteroatoms. The Morgan fingerprint density at radius 2 is 1.86 bits per heavy atom. The second kappa shape index (κ2) is 8.56. The molecule has 0 saturated carbocycles. The molecule has 2 aromatic rings. The molecule has 1 saturated heterocycles. The molecule has 5 nitrogen and oxygen atoms in total. The lowest BCUT2D eigenvalue weighted by Gasteiger charge is -2.29. The third-order valence-electron chi connectivity index (χ3n) is 3.83. The molecular formula is C20H14Cl2N2O3S. The van der Waals surface area contributed by atoms with Crippen LogP contribution < -0.4 is 15.0 Å². The third kappa shape index (κ3) is 4.09. The Labute approximate surface area is 177 Å². The van der Waals surface area contributed by atoms with E-state index in [1.165, 1.54) is 6.08 Å². The number of nitrogens with zero attached hydrogens (tertiary/aromatic N) is 1. The van der Waals surface area contributed by atoms with Crippen molar-refractivity contribution in [3.63, 3.8) is 0 Å². The van der Waals surface area contributed by atoms with Gasteiger partial charge in [-0.05, 0) is 48.1 Å². The van der Waals surface area contributed by atoms with E-state index in [0.29, 0.717) is 23.6 Å². The van der Waals surface area contributed by atoms with Gasteiger partial charge in [-0.25, -0.2) is 0 Å². The van der Waals surface area contributed by atoms with E-state index in [9.17, 15) is 9.59 Å². The molecule has 1 aliphatic rings. The highest BCUT2D eigenvalue weighted by Gasteiger charge is 2.35. The second-order valence-corrected chi connectivity index (χ2v) is 6.87. The minimum absolute atomic E-state index is 0.0653. The van der Waals surface area contributed by atoms with Gasteiger partial charge in [0.2, 0.25) is 0 Å². The fraction of sp³-hybridized carbons (Fsp3) is 0.0500. The van der Waals surface area contributed by atoms with Gasteiger partial charge in [0.15, 0.2) is 5.11 Å². The van der Waals surface area contributed by atoms with Gasteiger partial charge in [-0.3, -0.25) is 19.8 Å². The van der Waals surface area contributed by atoms with Gasteiger partial charge in [-0.1, -0.05) is 54.1 Å². The average Bonchev–Trinajstić information content (AvgIpc) is 2.67. The summed E-state index contributed by atoms with van der Waals surface area (Å²) in [5.74, 6) is -0.531. The van der Waals surface area contributed by atoms with Crippen LogP contribution in [-0.4, -0.2) is 23.5 Å². The number of benzene rings is 2. The van der Waals surface area contributed by atoms with Gasteiger partial charge >= 0.3 is 0 Å². The highest BCUT2D eigenvalue weighted by molar-refractivity contribution is 7.80. The van der Waals surface area contributed by atoms with Crippen LogP contribution in [0.3, 0.4) is 0 Å². The Balaban J connectivity index is 1.94. The maximum Gasteiger partial charge on any atom is 0.270 e. The van der Waals surface area contributed by atoms with Crippen LogP contribution in [0.4, 0.5) is 5.69 Å². The molecule has 28 heavy (non-hydrogen) atoms. The zero-order chi connectivity index (χ0) is 20.3. The molecule has 0 aromatic heterocycles. The maximum absolute atomic E-state index is 13.0. The first-order chi connectivity index (χ1) is 13.4. The SMILES string of the molecule is C=CCOc1ccc(/C=C2\C(=O)NC(=S)N(c3cccc(Cl)c3Cl)C2=O)cc1. The molecule has 3 rings (SSSR count). The summed E-state index contributed by atoms with van der Waals surface area (Å²) in [4.78, 5) is 26.5. The van der Waals surface area contributed by atoms with Crippen LogP contribution in [0.2, 0.25) is 10.0 Å². The Bertz CT molecular complexity index is 1000. The van der Waals surface area contributed by atoms with Gasteiger partial charge < -0.3 is 4.74 Å². The summed E-state index contributed by atoms with van der Waals surface area (Å²) in [5, 5.41) is 2.88. The molecular weight excluding hydrogens is 419 g/mol. The van der Waals surface area contributed by atoms with Gasteiger partial charge in [0, 0.05) is 0 Å². The predicted octanol–water partition coefficient (Wildman–Crippen LogP) is 4.39. The maximum atomic E-state index is 13.0. The van der Waals surface area contributed by atoms with Crippen molar-refractivity contribution in [3.8, 4) is 5.75 Å². The summed E-state index contributed by atoms with van der Waals surface area (Å²) < 4.78 is 5.42.